The molecule has 7 heteroatoms. The Morgan fingerprint density at radius 2 is 2.08 bits per heavy atom. The zero-order valence-electron chi connectivity index (χ0n) is 14.3. The summed E-state index contributed by atoms with van der Waals surface area (Å²) in [5, 5.41) is 15.2. The van der Waals surface area contributed by atoms with Gasteiger partial charge in [0.1, 0.15) is 0 Å². The van der Waals surface area contributed by atoms with Gasteiger partial charge < -0.3 is 25.4 Å². The van der Waals surface area contributed by atoms with Crippen LogP contribution in [0.15, 0.2) is 18.2 Å². The lowest BCUT2D eigenvalue weighted by atomic mass is 10.1. The second-order valence-corrected chi connectivity index (χ2v) is 6.29. The highest BCUT2D eigenvalue weighted by Crippen LogP contribution is 2.27. The number of amides is 2. The fourth-order valence-corrected chi connectivity index (χ4v) is 2.89. The lowest BCUT2D eigenvalue weighted by Crippen LogP contribution is -2.33. The third kappa shape index (κ3) is 4.61. The Morgan fingerprint density at radius 1 is 1.33 bits per heavy atom. The van der Waals surface area contributed by atoms with E-state index >= 15 is 0 Å². The number of carbonyl (C=O) groups excluding carboxylic acids is 2. The Kier molecular flexibility index (Phi) is 6.03. The monoisotopic (exact) mass is 335 g/mol. The number of urea groups is 1. The molecule has 2 atom stereocenters. The Morgan fingerprint density at radius 3 is 2.67 bits per heavy atom. The maximum Gasteiger partial charge on any atom is 0.337 e. The zero-order chi connectivity index (χ0) is 17.7. The first-order valence-corrected chi connectivity index (χ1v) is 8.03. The van der Waals surface area contributed by atoms with E-state index < -0.39 is 5.97 Å². The van der Waals surface area contributed by atoms with Gasteiger partial charge in [0.25, 0.3) is 0 Å². The molecule has 0 spiro atoms. The van der Waals surface area contributed by atoms with Crippen LogP contribution in [0.2, 0.25) is 0 Å². The maximum absolute atomic E-state index is 12.1. The predicted molar refractivity (Wildman–Crippen MR) is 92.5 cm³/mol. The molecule has 1 aromatic rings. The number of rotatable bonds is 5. The minimum absolute atomic E-state index is 0.244. The number of anilines is 2. The van der Waals surface area contributed by atoms with Crippen molar-refractivity contribution < 1.29 is 19.4 Å². The van der Waals surface area contributed by atoms with E-state index in [1.807, 2.05) is 19.0 Å². The van der Waals surface area contributed by atoms with Gasteiger partial charge >= 0.3 is 12.0 Å². The highest BCUT2D eigenvalue weighted by atomic mass is 16.5. The summed E-state index contributed by atoms with van der Waals surface area (Å²) in [7, 11) is 5.00. The van der Waals surface area contributed by atoms with Crippen LogP contribution in [0.5, 0.6) is 0 Å². The van der Waals surface area contributed by atoms with Crippen molar-refractivity contribution in [2.24, 2.45) is 5.92 Å². The van der Waals surface area contributed by atoms with Gasteiger partial charge in [0.05, 0.1) is 30.2 Å². The van der Waals surface area contributed by atoms with Crippen LogP contribution in [0.25, 0.3) is 0 Å². The Labute approximate surface area is 142 Å². The van der Waals surface area contributed by atoms with Gasteiger partial charge in [0.15, 0.2) is 0 Å². The van der Waals surface area contributed by atoms with E-state index in [1.165, 1.54) is 7.11 Å². The number of nitrogens with zero attached hydrogens (tertiary/aromatic N) is 1. The van der Waals surface area contributed by atoms with E-state index in [-0.39, 0.29) is 12.1 Å². The number of aliphatic hydroxyl groups is 1. The van der Waals surface area contributed by atoms with Crippen LogP contribution < -0.4 is 15.5 Å². The van der Waals surface area contributed by atoms with Gasteiger partial charge in [-0.05, 0) is 43.4 Å². The molecule has 0 heterocycles. The van der Waals surface area contributed by atoms with Gasteiger partial charge in [-0.1, -0.05) is 0 Å². The van der Waals surface area contributed by atoms with Crippen LogP contribution in [-0.2, 0) is 4.74 Å². The average molecular weight is 335 g/mol. The molecule has 1 aliphatic carbocycles. The molecule has 0 aromatic heterocycles. The first-order valence-electron chi connectivity index (χ1n) is 8.03. The summed E-state index contributed by atoms with van der Waals surface area (Å²) in [6.07, 6.45) is 2.22. The predicted octanol–water partition coefficient (Wildman–Crippen LogP) is 1.82. The fourth-order valence-electron chi connectivity index (χ4n) is 2.89. The smallest absolute Gasteiger partial charge is 0.337 e. The summed E-state index contributed by atoms with van der Waals surface area (Å²) < 4.78 is 4.72. The Hall–Kier alpha value is -2.28. The molecule has 1 saturated carbocycles. The van der Waals surface area contributed by atoms with Gasteiger partial charge in [-0.15, -0.1) is 0 Å². The topological polar surface area (TPSA) is 90.9 Å². The minimum atomic E-state index is -0.422. The van der Waals surface area contributed by atoms with Crippen molar-refractivity contribution in [3.05, 3.63) is 23.8 Å². The molecule has 2 amide bonds. The number of carbonyl (C=O) groups is 2. The van der Waals surface area contributed by atoms with Crippen LogP contribution in [0.4, 0.5) is 16.2 Å². The number of nitrogens with one attached hydrogen (secondary N) is 2. The Balaban J connectivity index is 1.99. The van der Waals surface area contributed by atoms with Gasteiger partial charge in [0.2, 0.25) is 0 Å². The lowest BCUT2D eigenvalue weighted by Gasteiger charge is -2.19. The summed E-state index contributed by atoms with van der Waals surface area (Å²) in [5.41, 5.74) is 1.74. The summed E-state index contributed by atoms with van der Waals surface area (Å²) in [6, 6.07) is 4.67. The van der Waals surface area contributed by atoms with Crippen LogP contribution in [0, 0.1) is 5.92 Å². The molecule has 1 aliphatic rings. The highest BCUT2D eigenvalue weighted by molar-refractivity contribution is 5.96. The fraction of sp³-hybridized carbons (Fsp3) is 0.529. The molecular formula is C17H25N3O4. The third-order valence-electron chi connectivity index (χ3n) is 4.21. The SMILES string of the molecule is COC(=O)c1ccc(NC(=O)NC[C@@H]2CC[C@H](O)C2)c(N(C)C)c1. The van der Waals surface area contributed by atoms with Crippen molar-refractivity contribution in [1.29, 1.82) is 0 Å². The average Bonchev–Trinajstić information content (AvgIpc) is 2.97. The van der Waals surface area contributed by atoms with Gasteiger partial charge in [-0.2, -0.15) is 0 Å². The van der Waals surface area contributed by atoms with E-state index in [0.717, 1.165) is 19.3 Å². The first-order chi connectivity index (χ1) is 11.4. The van der Waals surface area contributed by atoms with E-state index in [4.69, 9.17) is 4.74 Å². The number of ether oxygens (including phenoxy) is 1. The van der Waals surface area contributed by atoms with Crippen molar-refractivity contribution in [1.82, 2.24) is 5.32 Å². The normalized spacial score (nSPS) is 19.7. The number of esters is 1. The van der Waals surface area contributed by atoms with Gasteiger partial charge in [-0.25, -0.2) is 9.59 Å². The molecular weight excluding hydrogens is 310 g/mol. The minimum Gasteiger partial charge on any atom is -0.465 e. The van der Waals surface area contributed by atoms with Gasteiger partial charge in [-0.3, -0.25) is 0 Å². The summed E-state index contributed by atoms with van der Waals surface area (Å²) in [4.78, 5) is 25.6. The van der Waals surface area contributed by atoms with Crippen molar-refractivity contribution in [3.63, 3.8) is 0 Å². The Bertz CT molecular complexity index is 603. The van der Waals surface area contributed by atoms with Crippen LogP contribution >= 0.6 is 0 Å². The number of aliphatic hydroxyl groups excluding tert-OH is 1. The first kappa shape index (κ1) is 18.1. The van der Waals surface area contributed by atoms with Crippen molar-refractivity contribution >= 4 is 23.4 Å². The van der Waals surface area contributed by atoms with E-state index in [0.29, 0.717) is 29.4 Å². The second-order valence-electron chi connectivity index (χ2n) is 6.29. The maximum atomic E-state index is 12.1. The van der Waals surface area contributed by atoms with Crippen LogP contribution in [0.1, 0.15) is 29.6 Å². The van der Waals surface area contributed by atoms with Crippen molar-refractivity contribution in [2.45, 2.75) is 25.4 Å². The number of benzene rings is 1. The lowest BCUT2D eigenvalue weighted by molar-refractivity contribution is 0.0601. The summed E-state index contributed by atoms with van der Waals surface area (Å²) in [6.45, 7) is 0.542. The van der Waals surface area contributed by atoms with Crippen molar-refractivity contribution in [3.8, 4) is 0 Å². The number of methoxy groups -OCH3 is 1. The van der Waals surface area contributed by atoms with Crippen LogP contribution in [-0.4, -0.2) is 51.0 Å². The molecule has 2 rings (SSSR count). The third-order valence-corrected chi connectivity index (χ3v) is 4.21. The second kappa shape index (κ2) is 8.01. The summed E-state index contributed by atoms with van der Waals surface area (Å²) in [5.74, 6) is -0.102. The summed E-state index contributed by atoms with van der Waals surface area (Å²) >= 11 is 0. The van der Waals surface area contributed by atoms with Gasteiger partial charge in [0, 0.05) is 20.6 Å². The van der Waals surface area contributed by atoms with E-state index in [2.05, 4.69) is 10.6 Å². The molecule has 7 nitrogen and oxygen atoms in total. The molecule has 0 bridgehead atoms. The van der Waals surface area contributed by atoms with E-state index in [9.17, 15) is 14.7 Å². The largest absolute Gasteiger partial charge is 0.465 e. The standard InChI is InChI=1S/C17H25N3O4/c1-20(2)15-9-12(16(22)24-3)5-7-14(15)19-17(23)18-10-11-4-6-13(21)8-11/h5,7,9,11,13,21H,4,6,8,10H2,1-3H3,(H2,18,19,23)/t11-,13+/m1/s1. The zero-order valence-corrected chi connectivity index (χ0v) is 14.3. The molecule has 3 N–H and O–H groups in total. The molecule has 1 fully saturated rings. The molecule has 24 heavy (non-hydrogen) atoms. The quantitative estimate of drug-likeness (QED) is 0.714. The molecule has 0 unspecified atom stereocenters. The highest BCUT2D eigenvalue weighted by Gasteiger charge is 2.23. The molecule has 0 aliphatic heterocycles. The van der Waals surface area contributed by atoms with E-state index in [1.54, 1.807) is 18.2 Å². The molecule has 1 aromatic carbocycles. The molecule has 0 saturated heterocycles. The number of hydrogen-bond acceptors (Lipinski definition) is 5. The van der Waals surface area contributed by atoms with Crippen LogP contribution in [0.3, 0.4) is 0 Å². The molecule has 132 valence electrons. The number of hydrogen-bond donors (Lipinski definition) is 3. The molecule has 0 radical (unpaired) electrons. The van der Waals surface area contributed by atoms with Crippen molar-refractivity contribution in [2.75, 3.05) is 38.0 Å².